The molecule has 1 unspecified atom stereocenters. The summed E-state index contributed by atoms with van der Waals surface area (Å²) in [6.45, 7) is 2.12. The number of carboxylic acids is 1. The molecule has 0 aliphatic rings. The van der Waals surface area contributed by atoms with E-state index in [1.54, 1.807) is 13.1 Å². The van der Waals surface area contributed by atoms with Crippen molar-refractivity contribution in [3.05, 3.63) is 35.5 Å². The first-order valence-corrected chi connectivity index (χ1v) is 5.43. The first-order valence-electron chi connectivity index (χ1n) is 5.06. The Labute approximate surface area is 98.3 Å². The molecule has 1 heterocycles. The van der Waals surface area contributed by atoms with Crippen LogP contribution in [0.15, 0.2) is 30.5 Å². The van der Waals surface area contributed by atoms with Gasteiger partial charge in [0.1, 0.15) is 0 Å². The molecule has 3 nitrogen and oxygen atoms in total. The highest BCUT2D eigenvalue weighted by molar-refractivity contribution is 6.35. The van der Waals surface area contributed by atoms with Gasteiger partial charge in [-0.15, -0.1) is 0 Å². The average molecular weight is 238 g/mol. The lowest BCUT2D eigenvalue weighted by atomic mass is 10.2. The van der Waals surface area contributed by atoms with Crippen LogP contribution < -0.4 is 0 Å². The minimum absolute atomic E-state index is 0.424. The van der Waals surface area contributed by atoms with Gasteiger partial charge in [-0.3, -0.25) is 4.79 Å². The lowest BCUT2D eigenvalue weighted by Crippen LogP contribution is -2.16. The zero-order valence-corrected chi connectivity index (χ0v) is 9.61. The highest BCUT2D eigenvalue weighted by Gasteiger charge is 2.14. The maximum absolute atomic E-state index is 10.8. The highest BCUT2D eigenvalue weighted by atomic mass is 35.5. The molecule has 0 saturated heterocycles. The number of nitrogens with zero attached hydrogens (tertiary/aromatic N) is 1. The molecule has 0 radical (unpaired) electrons. The molecule has 1 N–H and O–H groups in total. The van der Waals surface area contributed by atoms with Crippen LogP contribution in [0.4, 0.5) is 0 Å². The summed E-state index contributed by atoms with van der Waals surface area (Å²) in [5.41, 5.74) is 0.973. The lowest BCUT2D eigenvalue weighted by molar-refractivity contribution is -0.141. The van der Waals surface area contributed by atoms with Gasteiger partial charge in [-0.1, -0.05) is 36.7 Å². The van der Waals surface area contributed by atoms with Crippen LogP contribution >= 0.6 is 11.6 Å². The van der Waals surface area contributed by atoms with Gasteiger partial charge in [-0.25, -0.2) is 0 Å². The van der Waals surface area contributed by atoms with E-state index in [2.05, 4.69) is 0 Å². The van der Waals surface area contributed by atoms with Gasteiger partial charge in [0.05, 0.1) is 10.9 Å². The fourth-order valence-corrected chi connectivity index (χ4v) is 2.00. The van der Waals surface area contributed by atoms with E-state index in [4.69, 9.17) is 16.7 Å². The Kier molecular flexibility index (Phi) is 2.88. The number of carbonyl (C=O) groups is 1. The Hall–Kier alpha value is -1.48. The molecule has 0 bridgehead atoms. The SMILES string of the molecule is CC(Cn1cc(Cl)c2ccccc21)C(=O)O. The predicted octanol–water partition coefficient (Wildman–Crippen LogP) is 3.02. The summed E-state index contributed by atoms with van der Waals surface area (Å²) >= 11 is 6.07. The molecule has 1 atom stereocenters. The van der Waals surface area contributed by atoms with Crippen molar-refractivity contribution in [2.24, 2.45) is 5.92 Å². The van der Waals surface area contributed by atoms with Crippen LogP contribution in [0.5, 0.6) is 0 Å². The molecule has 84 valence electrons. The Balaban J connectivity index is 2.42. The Bertz CT molecular complexity index is 533. The zero-order valence-electron chi connectivity index (χ0n) is 8.85. The minimum Gasteiger partial charge on any atom is -0.481 e. The van der Waals surface area contributed by atoms with Crippen molar-refractivity contribution in [2.75, 3.05) is 0 Å². The second-order valence-electron chi connectivity index (χ2n) is 3.89. The summed E-state index contributed by atoms with van der Waals surface area (Å²) in [5, 5.41) is 10.5. The average Bonchev–Trinajstić information content (AvgIpc) is 2.57. The van der Waals surface area contributed by atoms with Crippen molar-refractivity contribution >= 4 is 28.5 Å². The molecule has 0 aliphatic carbocycles. The van der Waals surface area contributed by atoms with E-state index < -0.39 is 11.9 Å². The van der Waals surface area contributed by atoms with Crippen molar-refractivity contribution < 1.29 is 9.90 Å². The van der Waals surface area contributed by atoms with E-state index in [0.717, 1.165) is 10.9 Å². The molecule has 0 fully saturated rings. The van der Waals surface area contributed by atoms with E-state index >= 15 is 0 Å². The van der Waals surface area contributed by atoms with Gasteiger partial charge < -0.3 is 9.67 Å². The molecule has 2 rings (SSSR count). The van der Waals surface area contributed by atoms with E-state index in [1.807, 2.05) is 28.8 Å². The van der Waals surface area contributed by atoms with E-state index in [0.29, 0.717) is 11.6 Å². The first-order chi connectivity index (χ1) is 7.59. The molecule has 0 saturated carbocycles. The number of para-hydroxylation sites is 1. The summed E-state index contributed by atoms with van der Waals surface area (Å²) in [6, 6.07) is 7.70. The van der Waals surface area contributed by atoms with Crippen molar-refractivity contribution in [1.82, 2.24) is 4.57 Å². The smallest absolute Gasteiger partial charge is 0.308 e. The van der Waals surface area contributed by atoms with Gasteiger partial charge in [-0.05, 0) is 6.07 Å². The van der Waals surface area contributed by atoms with Crippen LogP contribution in [0.3, 0.4) is 0 Å². The maximum atomic E-state index is 10.8. The normalized spacial score (nSPS) is 12.9. The van der Waals surface area contributed by atoms with Crippen LogP contribution in [-0.2, 0) is 11.3 Å². The van der Waals surface area contributed by atoms with E-state index in [9.17, 15) is 4.79 Å². The number of rotatable bonds is 3. The highest BCUT2D eigenvalue weighted by Crippen LogP contribution is 2.26. The largest absolute Gasteiger partial charge is 0.481 e. The summed E-state index contributed by atoms with van der Waals surface area (Å²) in [6.07, 6.45) is 1.78. The van der Waals surface area contributed by atoms with Crippen LogP contribution in [0.2, 0.25) is 5.02 Å². The summed E-state index contributed by atoms with van der Waals surface area (Å²) in [5.74, 6) is -1.22. The third-order valence-electron chi connectivity index (χ3n) is 2.63. The van der Waals surface area contributed by atoms with Gasteiger partial charge >= 0.3 is 5.97 Å². The standard InChI is InChI=1S/C12H12ClNO2/c1-8(12(15)16)6-14-7-10(13)9-4-2-3-5-11(9)14/h2-5,7-8H,6H2,1H3,(H,15,16). The second kappa shape index (κ2) is 4.18. The Morgan fingerprint density at radius 1 is 1.50 bits per heavy atom. The van der Waals surface area contributed by atoms with Crippen molar-refractivity contribution in [3.8, 4) is 0 Å². The molecule has 0 spiro atoms. The van der Waals surface area contributed by atoms with Gasteiger partial charge in [0, 0.05) is 23.6 Å². The zero-order chi connectivity index (χ0) is 11.7. The van der Waals surface area contributed by atoms with Gasteiger partial charge in [0.15, 0.2) is 0 Å². The fraction of sp³-hybridized carbons (Fsp3) is 0.250. The van der Waals surface area contributed by atoms with Crippen LogP contribution in [0.1, 0.15) is 6.92 Å². The topological polar surface area (TPSA) is 42.2 Å². The Morgan fingerprint density at radius 3 is 2.88 bits per heavy atom. The maximum Gasteiger partial charge on any atom is 0.308 e. The van der Waals surface area contributed by atoms with Crippen LogP contribution in [0.25, 0.3) is 10.9 Å². The van der Waals surface area contributed by atoms with Crippen LogP contribution in [0, 0.1) is 5.92 Å². The third-order valence-corrected chi connectivity index (χ3v) is 2.93. The predicted molar refractivity (Wildman–Crippen MR) is 63.7 cm³/mol. The molecule has 16 heavy (non-hydrogen) atoms. The molecular formula is C12H12ClNO2. The van der Waals surface area contributed by atoms with Gasteiger partial charge in [-0.2, -0.15) is 0 Å². The quantitative estimate of drug-likeness (QED) is 0.892. The number of hydrogen-bond acceptors (Lipinski definition) is 1. The Morgan fingerprint density at radius 2 is 2.19 bits per heavy atom. The number of benzene rings is 1. The van der Waals surface area contributed by atoms with Gasteiger partial charge in [0.25, 0.3) is 0 Å². The van der Waals surface area contributed by atoms with Crippen LogP contribution in [-0.4, -0.2) is 15.6 Å². The molecular weight excluding hydrogens is 226 g/mol. The molecule has 1 aromatic heterocycles. The molecule has 0 aliphatic heterocycles. The summed E-state index contributed by atoms with van der Waals surface area (Å²) in [4.78, 5) is 10.8. The van der Waals surface area contributed by atoms with Crippen molar-refractivity contribution in [3.63, 3.8) is 0 Å². The molecule has 0 amide bonds. The number of halogens is 1. The summed E-state index contributed by atoms with van der Waals surface area (Å²) < 4.78 is 1.89. The van der Waals surface area contributed by atoms with E-state index in [-0.39, 0.29) is 0 Å². The lowest BCUT2D eigenvalue weighted by Gasteiger charge is -2.08. The monoisotopic (exact) mass is 237 g/mol. The number of aromatic nitrogens is 1. The first kappa shape index (κ1) is 11.0. The fourth-order valence-electron chi connectivity index (χ4n) is 1.73. The third kappa shape index (κ3) is 1.91. The number of hydrogen-bond donors (Lipinski definition) is 1. The van der Waals surface area contributed by atoms with E-state index in [1.165, 1.54) is 0 Å². The molecule has 4 heteroatoms. The molecule has 1 aromatic carbocycles. The van der Waals surface area contributed by atoms with Crippen molar-refractivity contribution in [1.29, 1.82) is 0 Å². The number of aliphatic carboxylic acids is 1. The summed E-state index contributed by atoms with van der Waals surface area (Å²) in [7, 11) is 0. The number of carboxylic acid groups (broad SMARTS) is 1. The van der Waals surface area contributed by atoms with Crippen molar-refractivity contribution in [2.45, 2.75) is 13.5 Å². The number of fused-ring (bicyclic) bond motifs is 1. The molecule has 2 aromatic rings. The minimum atomic E-state index is -0.797. The van der Waals surface area contributed by atoms with Gasteiger partial charge in [0.2, 0.25) is 0 Å². The second-order valence-corrected chi connectivity index (χ2v) is 4.29.